The Morgan fingerprint density at radius 2 is 1.16 bits per heavy atom. The Morgan fingerprint density at radius 1 is 0.605 bits per heavy atom. The van der Waals surface area contributed by atoms with Gasteiger partial charge < -0.3 is 0 Å². The van der Waals surface area contributed by atoms with Crippen LogP contribution in [0.2, 0.25) is 0 Å². The normalized spacial score (nSPS) is 22.7. The lowest BCUT2D eigenvalue weighted by atomic mass is 9.68. The number of aryl methyl sites for hydroxylation is 1. The maximum Gasteiger partial charge on any atom is 0.166 e. The summed E-state index contributed by atoms with van der Waals surface area (Å²) in [6, 6.07) is 13.3. The molecule has 2 fully saturated rings. The van der Waals surface area contributed by atoms with Crippen molar-refractivity contribution in [2.75, 3.05) is 0 Å². The Kier molecular flexibility index (Phi) is 10.8. The van der Waals surface area contributed by atoms with Crippen molar-refractivity contribution in [1.29, 1.82) is 0 Å². The molecule has 0 spiro atoms. The first-order chi connectivity index (χ1) is 20.9. The van der Waals surface area contributed by atoms with E-state index in [1.54, 1.807) is 48.5 Å². The molecule has 0 heterocycles. The Hall–Kier alpha value is -2.88. The van der Waals surface area contributed by atoms with Gasteiger partial charge in [-0.1, -0.05) is 86.9 Å². The van der Waals surface area contributed by atoms with E-state index < -0.39 is 23.3 Å². The van der Waals surface area contributed by atoms with Crippen LogP contribution in [0.1, 0.15) is 108 Å². The average Bonchev–Trinajstić information content (AvgIpc) is 3.03. The number of hydrogen-bond donors (Lipinski definition) is 0. The fourth-order valence-corrected chi connectivity index (χ4v) is 7.66. The van der Waals surface area contributed by atoms with Crippen molar-refractivity contribution in [2.45, 2.75) is 103 Å². The van der Waals surface area contributed by atoms with E-state index in [1.807, 2.05) is 0 Å². The molecular weight excluding hydrogens is 544 g/mol. The highest BCUT2D eigenvalue weighted by Crippen LogP contribution is 2.45. The Morgan fingerprint density at radius 3 is 1.74 bits per heavy atom. The fraction of sp³-hybridized carbons (Fsp3) is 0.487. The highest BCUT2D eigenvalue weighted by molar-refractivity contribution is 5.71. The third-order valence-electron chi connectivity index (χ3n) is 10.2. The molecule has 0 radical (unpaired) electrons. The van der Waals surface area contributed by atoms with Gasteiger partial charge in [0.15, 0.2) is 23.3 Å². The van der Waals surface area contributed by atoms with E-state index >= 15 is 8.78 Å². The zero-order valence-corrected chi connectivity index (χ0v) is 25.8. The first-order valence-corrected chi connectivity index (χ1v) is 16.6. The first-order valence-electron chi connectivity index (χ1n) is 16.6. The number of halogens is 4. The lowest BCUT2D eigenvalue weighted by Gasteiger charge is -2.37. The summed E-state index contributed by atoms with van der Waals surface area (Å²) < 4.78 is 60.6. The molecule has 0 atom stereocenters. The van der Waals surface area contributed by atoms with Gasteiger partial charge >= 0.3 is 0 Å². The molecule has 0 aromatic heterocycles. The second-order valence-corrected chi connectivity index (χ2v) is 12.9. The predicted octanol–water partition coefficient (Wildman–Crippen LogP) is 12.4. The summed E-state index contributed by atoms with van der Waals surface area (Å²) in [6.45, 7) is 4.21. The van der Waals surface area contributed by atoms with Gasteiger partial charge in [-0.2, -0.15) is 0 Å². The van der Waals surface area contributed by atoms with E-state index in [2.05, 4.69) is 26.0 Å². The molecule has 0 aliphatic heterocycles. The van der Waals surface area contributed by atoms with Crippen LogP contribution in [0.4, 0.5) is 17.6 Å². The molecule has 0 unspecified atom stereocenters. The number of rotatable bonds is 10. The number of unbranched alkanes of at least 4 members (excludes halogenated alkanes) is 3. The molecule has 0 N–H and O–H groups in total. The molecule has 2 aliphatic rings. The zero-order valence-electron chi connectivity index (χ0n) is 25.8. The molecule has 3 aromatic carbocycles. The van der Waals surface area contributed by atoms with Gasteiger partial charge in [0.05, 0.1) is 0 Å². The van der Waals surface area contributed by atoms with Crippen LogP contribution in [0.15, 0.2) is 60.7 Å². The van der Waals surface area contributed by atoms with Crippen LogP contribution < -0.4 is 0 Å². The van der Waals surface area contributed by atoms with E-state index in [9.17, 15) is 8.78 Å². The second kappa shape index (κ2) is 14.7. The quantitative estimate of drug-likeness (QED) is 0.125. The van der Waals surface area contributed by atoms with Crippen molar-refractivity contribution in [3.63, 3.8) is 0 Å². The molecule has 230 valence electrons. The van der Waals surface area contributed by atoms with Gasteiger partial charge in [0.2, 0.25) is 0 Å². The minimum Gasteiger partial charge on any atom is -0.203 e. The second-order valence-electron chi connectivity index (χ2n) is 12.9. The largest absolute Gasteiger partial charge is 0.203 e. The molecule has 0 nitrogen and oxygen atoms in total. The molecule has 3 aromatic rings. The van der Waals surface area contributed by atoms with E-state index in [4.69, 9.17) is 0 Å². The standard InChI is InChI=1S/C39H46F4/c1-3-5-6-7-9-32-22-23-33(37(41)36(32)40)30-18-20-31(21-19-30)35-25-24-34(38(42)39(35)43)29-16-14-28(15-17-29)27-12-10-26(8-4-2)11-13-27/h4,8,18-29H,3,5-7,9-17H2,1-2H3. The van der Waals surface area contributed by atoms with Crippen LogP contribution in [0.25, 0.3) is 22.3 Å². The maximum absolute atomic E-state index is 15.4. The van der Waals surface area contributed by atoms with Gasteiger partial charge in [0, 0.05) is 11.1 Å². The van der Waals surface area contributed by atoms with E-state index in [0.717, 1.165) is 63.2 Å². The van der Waals surface area contributed by atoms with Crippen molar-refractivity contribution in [2.24, 2.45) is 17.8 Å². The molecule has 5 rings (SSSR count). The topological polar surface area (TPSA) is 0 Å². The average molecular weight is 591 g/mol. The van der Waals surface area contributed by atoms with Crippen LogP contribution in [0, 0.1) is 41.0 Å². The fourth-order valence-electron chi connectivity index (χ4n) is 7.66. The Bertz CT molecular complexity index is 1370. The van der Waals surface area contributed by atoms with Crippen LogP contribution in [0.5, 0.6) is 0 Å². The molecule has 0 amide bonds. The summed E-state index contributed by atoms with van der Waals surface area (Å²) in [7, 11) is 0. The molecule has 0 bridgehead atoms. The lowest BCUT2D eigenvalue weighted by molar-refractivity contribution is 0.170. The highest BCUT2D eigenvalue weighted by atomic mass is 19.2. The van der Waals surface area contributed by atoms with Crippen LogP contribution in [0.3, 0.4) is 0 Å². The smallest absolute Gasteiger partial charge is 0.166 e. The minimum absolute atomic E-state index is 0.0500. The first kappa shape index (κ1) is 31.5. The van der Waals surface area contributed by atoms with Crippen LogP contribution in [-0.4, -0.2) is 0 Å². The molecule has 0 saturated heterocycles. The third-order valence-corrected chi connectivity index (χ3v) is 10.2. The van der Waals surface area contributed by atoms with Gasteiger partial charge in [0.25, 0.3) is 0 Å². The molecule has 2 aliphatic carbocycles. The van der Waals surface area contributed by atoms with Crippen molar-refractivity contribution in [3.8, 4) is 22.3 Å². The summed E-state index contributed by atoms with van der Waals surface area (Å²) in [4.78, 5) is 0. The van der Waals surface area contributed by atoms with Crippen LogP contribution in [-0.2, 0) is 6.42 Å². The monoisotopic (exact) mass is 590 g/mol. The van der Waals surface area contributed by atoms with E-state index in [0.29, 0.717) is 34.6 Å². The van der Waals surface area contributed by atoms with Gasteiger partial charge in [0.1, 0.15) is 0 Å². The summed E-state index contributed by atoms with van der Waals surface area (Å²) in [5.41, 5.74) is 2.26. The van der Waals surface area contributed by atoms with Crippen LogP contribution >= 0.6 is 0 Å². The Labute approximate surface area is 255 Å². The Balaban J connectivity index is 1.23. The van der Waals surface area contributed by atoms with Crippen molar-refractivity contribution in [3.05, 3.63) is 95.1 Å². The van der Waals surface area contributed by atoms with Gasteiger partial charge in [-0.15, -0.1) is 0 Å². The molecule has 4 heteroatoms. The summed E-state index contributed by atoms with van der Waals surface area (Å²) in [5.74, 6) is -0.995. The van der Waals surface area contributed by atoms with Crippen molar-refractivity contribution < 1.29 is 17.6 Å². The molecule has 43 heavy (non-hydrogen) atoms. The predicted molar refractivity (Wildman–Crippen MR) is 170 cm³/mol. The summed E-state index contributed by atoms with van der Waals surface area (Å²) in [6.07, 6.45) is 18.1. The maximum atomic E-state index is 15.4. The van der Waals surface area contributed by atoms with Gasteiger partial charge in [-0.05, 0) is 117 Å². The minimum atomic E-state index is -0.863. The molecular formula is C39H46F4. The SMILES string of the molecule is CC=CC1CCC(C2CCC(c3ccc(-c4ccc(-c5ccc(CCCCCC)c(F)c5F)cc4)c(F)c3F)CC2)CC1. The molecule has 2 saturated carbocycles. The number of allylic oxidation sites excluding steroid dienone is 2. The summed E-state index contributed by atoms with van der Waals surface area (Å²) in [5, 5.41) is 0. The lowest BCUT2D eigenvalue weighted by Crippen LogP contribution is -2.25. The highest BCUT2D eigenvalue weighted by Gasteiger charge is 2.32. The zero-order chi connectivity index (χ0) is 30.3. The van der Waals surface area contributed by atoms with Crippen molar-refractivity contribution >= 4 is 0 Å². The summed E-state index contributed by atoms with van der Waals surface area (Å²) >= 11 is 0. The van der Waals surface area contributed by atoms with E-state index in [-0.39, 0.29) is 17.0 Å². The third kappa shape index (κ3) is 7.27. The number of benzene rings is 3. The number of hydrogen-bond acceptors (Lipinski definition) is 0. The van der Waals surface area contributed by atoms with Gasteiger partial charge in [-0.25, -0.2) is 17.6 Å². The van der Waals surface area contributed by atoms with Gasteiger partial charge in [-0.3, -0.25) is 0 Å². The van der Waals surface area contributed by atoms with Crippen molar-refractivity contribution in [1.82, 2.24) is 0 Å². The van der Waals surface area contributed by atoms with E-state index in [1.165, 1.54) is 25.7 Å².